The van der Waals surface area contributed by atoms with Crippen molar-refractivity contribution < 1.29 is 17.9 Å². The molecule has 1 aliphatic rings. The van der Waals surface area contributed by atoms with E-state index in [0.717, 1.165) is 5.56 Å². The van der Waals surface area contributed by atoms with Crippen molar-refractivity contribution in [3.63, 3.8) is 0 Å². The number of amides is 1. The van der Waals surface area contributed by atoms with Gasteiger partial charge in [-0.1, -0.05) is 25.6 Å². The molecule has 1 saturated heterocycles. The number of nitrogens with zero attached hydrogens (tertiary/aromatic N) is 2. The van der Waals surface area contributed by atoms with Crippen molar-refractivity contribution in [3.8, 4) is 11.5 Å². The highest BCUT2D eigenvalue weighted by Crippen LogP contribution is 2.19. The maximum Gasteiger partial charge on any atom is 0.410 e. The zero-order valence-electron chi connectivity index (χ0n) is 17.6. The van der Waals surface area contributed by atoms with Crippen molar-refractivity contribution in [2.75, 3.05) is 26.2 Å². The quantitative estimate of drug-likeness (QED) is 0.542. The Morgan fingerprint density at radius 2 is 1.57 bits per heavy atom. The lowest BCUT2D eigenvalue weighted by Gasteiger charge is -2.34. The van der Waals surface area contributed by atoms with Crippen LogP contribution in [-0.2, 0) is 14.8 Å². The van der Waals surface area contributed by atoms with Crippen LogP contribution in [0.2, 0.25) is 19.6 Å². The molecule has 0 aromatic heterocycles. The maximum atomic E-state index is 12.9. The van der Waals surface area contributed by atoms with E-state index in [0.29, 0.717) is 13.1 Å². The van der Waals surface area contributed by atoms with Gasteiger partial charge in [-0.15, -0.1) is 5.54 Å². The zero-order chi connectivity index (χ0) is 21.2. The van der Waals surface area contributed by atoms with E-state index in [-0.39, 0.29) is 18.0 Å². The average molecular weight is 423 g/mol. The van der Waals surface area contributed by atoms with E-state index in [1.54, 1.807) is 29.2 Å². The van der Waals surface area contributed by atoms with E-state index in [1.165, 1.54) is 4.31 Å². The molecule has 0 atom stereocenters. The van der Waals surface area contributed by atoms with Gasteiger partial charge in [0.05, 0.1) is 4.90 Å². The molecule has 0 spiro atoms. The number of hydrogen-bond donors (Lipinski definition) is 0. The van der Waals surface area contributed by atoms with Gasteiger partial charge < -0.3 is 9.64 Å². The Balaban J connectivity index is 2.04. The molecule has 0 saturated carbocycles. The summed E-state index contributed by atoms with van der Waals surface area (Å²) in [6, 6.07) is 6.70. The van der Waals surface area contributed by atoms with Crippen molar-refractivity contribution >= 4 is 24.2 Å². The molecule has 0 unspecified atom stereocenters. The molecule has 8 heteroatoms. The van der Waals surface area contributed by atoms with Gasteiger partial charge in [-0.25, -0.2) is 13.2 Å². The Morgan fingerprint density at radius 3 is 2.04 bits per heavy atom. The first kappa shape index (κ1) is 22.5. The predicted molar refractivity (Wildman–Crippen MR) is 113 cm³/mol. The highest BCUT2D eigenvalue weighted by molar-refractivity contribution is 7.89. The minimum atomic E-state index is -3.59. The van der Waals surface area contributed by atoms with Crippen molar-refractivity contribution in [3.05, 3.63) is 29.8 Å². The van der Waals surface area contributed by atoms with Gasteiger partial charge in [-0.3, -0.25) is 0 Å². The second kappa shape index (κ2) is 8.27. The number of sulfonamides is 1. The van der Waals surface area contributed by atoms with Crippen LogP contribution in [0.25, 0.3) is 0 Å². The number of piperazine rings is 1. The van der Waals surface area contributed by atoms with Gasteiger partial charge in [0.15, 0.2) is 0 Å². The fourth-order valence-electron chi connectivity index (χ4n) is 2.56. The lowest BCUT2D eigenvalue weighted by atomic mass is 10.2. The van der Waals surface area contributed by atoms with Crippen LogP contribution in [0.1, 0.15) is 26.3 Å². The molecule has 2 rings (SSSR count). The third-order valence-electron chi connectivity index (χ3n) is 3.96. The Kier molecular flexibility index (Phi) is 6.64. The molecule has 1 heterocycles. The van der Waals surface area contributed by atoms with Gasteiger partial charge in [0, 0.05) is 31.7 Å². The SMILES string of the molecule is CC(C)(C)OC(=O)N1CCN(S(=O)(=O)c2ccc(C#C[Si](C)(C)C)cc2)CC1. The Hall–Kier alpha value is -1.82. The molecule has 1 aromatic rings. The monoisotopic (exact) mass is 422 g/mol. The van der Waals surface area contributed by atoms with Crippen LogP contribution in [0.5, 0.6) is 0 Å². The van der Waals surface area contributed by atoms with E-state index < -0.39 is 29.8 Å². The lowest BCUT2D eigenvalue weighted by molar-refractivity contribution is 0.0192. The largest absolute Gasteiger partial charge is 0.444 e. The molecular weight excluding hydrogens is 392 g/mol. The van der Waals surface area contributed by atoms with Crippen LogP contribution >= 0.6 is 0 Å². The highest BCUT2D eigenvalue weighted by atomic mass is 32.2. The molecule has 0 aliphatic carbocycles. The summed E-state index contributed by atoms with van der Waals surface area (Å²) in [4.78, 5) is 13.9. The third-order valence-corrected chi connectivity index (χ3v) is 6.75. The van der Waals surface area contributed by atoms with Crippen molar-refractivity contribution in [1.82, 2.24) is 9.21 Å². The normalized spacial score (nSPS) is 16.3. The molecule has 1 aliphatic heterocycles. The molecule has 0 N–H and O–H groups in total. The maximum absolute atomic E-state index is 12.9. The second-order valence-corrected chi connectivity index (χ2v) is 15.6. The van der Waals surface area contributed by atoms with Gasteiger partial charge >= 0.3 is 6.09 Å². The third kappa shape index (κ3) is 6.36. The Morgan fingerprint density at radius 1 is 1.04 bits per heavy atom. The summed E-state index contributed by atoms with van der Waals surface area (Å²) in [5.74, 6) is 3.12. The van der Waals surface area contributed by atoms with E-state index in [1.807, 2.05) is 20.8 Å². The number of carbonyl (C=O) groups is 1. The van der Waals surface area contributed by atoms with Crippen LogP contribution in [0.4, 0.5) is 4.79 Å². The summed E-state index contributed by atoms with van der Waals surface area (Å²) in [7, 11) is -5.07. The van der Waals surface area contributed by atoms with Crippen LogP contribution < -0.4 is 0 Å². The number of carbonyl (C=O) groups excluding carboxylic acids is 1. The second-order valence-electron chi connectivity index (χ2n) is 8.90. The summed E-state index contributed by atoms with van der Waals surface area (Å²) in [6.07, 6.45) is -0.408. The molecule has 1 amide bonds. The first-order valence-corrected chi connectivity index (χ1v) is 14.3. The number of hydrogen-bond acceptors (Lipinski definition) is 4. The Bertz CT molecular complexity index is 864. The van der Waals surface area contributed by atoms with Crippen molar-refractivity contribution in [1.29, 1.82) is 0 Å². The molecule has 154 valence electrons. The van der Waals surface area contributed by atoms with Crippen molar-refractivity contribution in [2.45, 2.75) is 50.9 Å². The van der Waals surface area contributed by atoms with E-state index in [9.17, 15) is 13.2 Å². The van der Waals surface area contributed by atoms with Crippen LogP contribution in [0.3, 0.4) is 0 Å². The van der Waals surface area contributed by atoms with E-state index >= 15 is 0 Å². The van der Waals surface area contributed by atoms with Crippen LogP contribution in [0.15, 0.2) is 29.2 Å². The summed E-state index contributed by atoms with van der Waals surface area (Å²) in [5, 5.41) is 0. The number of benzene rings is 1. The van der Waals surface area contributed by atoms with E-state index in [2.05, 4.69) is 31.1 Å². The number of ether oxygens (including phenoxy) is 1. The minimum absolute atomic E-state index is 0.247. The van der Waals surface area contributed by atoms with E-state index in [4.69, 9.17) is 4.74 Å². The topological polar surface area (TPSA) is 66.9 Å². The first-order chi connectivity index (χ1) is 12.8. The fourth-order valence-corrected chi connectivity index (χ4v) is 4.50. The smallest absolute Gasteiger partial charge is 0.410 e. The van der Waals surface area contributed by atoms with Crippen LogP contribution in [-0.4, -0.2) is 63.6 Å². The molecule has 0 radical (unpaired) electrons. The number of rotatable bonds is 2. The molecule has 1 fully saturated rings. The van der Waals surface area contributed by atoms with Gasteiger partial charge in [0.2, 0.25) is 10.0 Å². The van der Waals surface area contributed by atoms with Gasteiger partial charge in [-0.05, 0) is 45.0 Å². The van der Waals surface area contributed by atoms with Gasteiger partial charge in [0.25, 0.3) is 0 Å². The van der Waals surface area contributed by atoms with Gasteiger partial charge in [-0.2, -0.15) is 4.31 Å². The fraction of sp³-hybridized carbons (Fsp3) is 0.550. The predicted octanol–water partition coefficient (Wildman–Crippen LogP) is 3.16. The molecule has 0 bridgehead atoms. The van der Waals surface area contributed by atoms with Crippen LogP contribution in [0, 0.1) is 11.5 Å². The average Bonchev–Trinajstić information content (AvgIpc) is 2.58. The summed E-state index contributed by atoms with van der Waals surface area (Å²) in [6.45, 7) is 13.0. The summed E-state index contributed by atoms with van der Waals surface area (Å²) < 4.78 is 32.5. The standard InChI is InChI=1S/C20H30N2O4SSi/c1-20(2,3)26-19(23)21-12-14-22(15-13-21)27(24,25)18-9-7-17(8-10-18)11-16-28(4,5)6/h7-10H,12-15H2,1-6H3. The van der Waals surface area contributed by atoms with Gasteiger partial charge in [0.1, 0.15) is 13.7 Å². The molecular formula is C20H30N2O4SSi. The summed E-state index contributed by atoms with van der Waals surface area (Å²) >= 11 is 0. The van der Waals surface area contributed by atoms with Crippen molar-refractivity contribution in [2.24, 2.45) is 0 Å². The first-order valence-electron chi connectivity index (χ1n) is 9.39. The lowest BCUT2D eigenvalue weighted by Crippen LogP contribution is -2.51. The Labute approximate surface area is 169 Å². The highest BCUT2D eigenvalue weighted by Gasteiger charge is 2.31. The zero-order valence-corrected chi connectivity index (χ0v) is 19.4. The molecule has 1 aromatic carbocycles. The molecule has 28 heavy (non-hydrogen) atoms. The minimum Gasteiger partial charge on any atom is -0.444 e. The molecule has 6 nitrogen and oxygen atoms in total. The summed E-state index contributed by atoms with van der Waals surface area (Å²) in [5.41, 5.74) is 3.52.